The number of nitrogens with zero attached hydrogens (tertiary/aromatic N) is 6. The summed E-state index contributed by atoms with van der Waals surface area (Å²) in [6, 6.07) is 3.63. The summed E-state index contributed by atoms with van der Waals surface area (Å²) in [5, 5.41) is 3.99. The number of aryl methyl sites for hydroxylation is 1. The molecule has 3 aromatic rings. The highest BCUT2D eigenvalue weighted by Crippen LogP contribution is 2.26. The van der Waals surface area contributed by atoms with Crippen molar-refractivity contribution >= 4 is 5.91 Å². The lowest BCUT2D eigenvalue weighted by Crippen LogP contribution is -2.38. The molecule has 8 nitrogen and oxygen atoms in total. The van der Waals surface area contributed by atoms with Crippen molar-refractivity contribution in [2.24, 2.45) is 0 Å². The van der Waals surface area contributed by atoms with Gasteiger partial charge in [0, 0.05) is 44.5 Å². The molecule has 1 aliphatic heterocycles. The minimum absolute atomic E-state index is 0.00687. The SMILES string of the molecule is Cc1nc(C2CCN(C(=O)c3ccc(-n4ccnc4)nc3)CC2)no1. The van der Waals surface area contributed by atoms with Crippen molar-refractivity contribution in [1.29, 1.82) is 0 Å². The number of hydrogen-bond donors (Lipinski definition) is 0. The molecule has 0 aromatic carbocycles. The average molecular weight is 338 g/mol. The number of rotatable bonds is 3. The van der Waals surface area contributed by atoms with Crippen LogP contribution in [0.1, 0.15) is 40.8 Å². The second-order valence-corrected chi connectivity index (χ2v) is 6.11. The molecule has 0 radical (unpaired) electrons. The van der Waals surface area contributed by atoms with Gasteiger partial charge in [-0.2, -0.15) is 4.98 Å². The highest BCUT2D eigenvalue weighted by Gasteiger charge is 2.27. The first kappa shape index (κ1) is 15.5. The summed E-state index contributed by atoms with van der Waals surface area (Å²) in [6.07, 6.45) is 8.47. The number of carbonyl (C=O) groups excluding carboxylic acids is 1. The van der Waals surface area contributed by atoms with Gasteiger partial charge in [-0.1, -0.05) is 5.16 Å². The molecule has 0 atom stereocenters. The number of carbonyl (C=O) groups is 1. The predicted molar refractivity (Wildman–Crippen MR) is 88.3 cm³/mol. The number of amides is 1. The molecule has 3 aromatic heterocycles. The minimum atomic E-state index is 0.00687. The molecule has 1 amide bonds. The van der Waals surface area contributed by atoms with Gasteiger partial charge in [0.05, 0.1) is 5.56 Å². The normalized spacial score (nSPS) is 15.5. The van der Waals surface area contributed by atoms with Crippen LogP contribution < -0.4 is 0 Å². The van der Waals surface area contributed by atoms with Crippen LogP contribution in [0.3, 0.4) is 0 Å². The fraction of sp³-hybridized carbons (Fsp3) is 0.353. The molecule has 25 heavy (non-hydrogen) atoms. The molecule has 0 N–H and O–H groups in total. The quantitative estimate of drug-likeness (QED) is 0.725. The van der Waals surface area contributed by atoms with E-state index in [0.717, 1.165) is 24.5 Å². The third-order valence-electron chi connectivity index (χ3n) is 4.45. The lowest BCUT2D eigenvalue weighted by atomic mass is 9.96. The topological polar surface area (TPSA) is 89.9 Å². The zero-order chi connectivity index (χ0) is 17.2. The standard InChI is InChI=1S/C17H18N6O2/c1-12-20-16(21-25-12)13-4-7-22(8-5-13)17(24)14-2-3-15(19-10-14)23-9-6-18-11-23/h2-3,6,9-11,13H,4-5,7-8H2,1H3. The van der Waals surface area contributed by atoms with E-state index in [9.17, 15) is 4.79 Å². The van der Waals surface area contributed by atoms with E-state index in [4.69, 9.17) is 4.52 Å². The van der Waals surface area contributed by atoms with Gasteiger partial charge in [0.25, 0.3) is 5.91 Å². The van der Waals surface area contributed by atoms with Crippen LogP contribution in [0, 0.1) is 6.92 Å². The predicted octanol–water partition coefficient (Wildman–Crippen LogP) is 1.98. The van der Waals surface area contributed by atoms with Gasteiger partial charge >= 0.3 is 0 Å². The van der Waals surface area contributed by atoms with E-state index in [1.807, 2.05) is 17.2 Å². The third-order valence-corrected chi connectivity index (χ3v) is 4.45. The monoisotopic (exact) mass is 338 g/mol. The lowest BCUT2D eigenvalue weighted by Gasteiger charge is -2.30. The fourth-order valence-electron chi connectivity index (χ4n) is 3.06. The highest BCUT2D eigenvalue weighted by atomic mass is 16.5. The number of piperidine rings is 1. The van der Waals surface area contributed by atoms with Gasteiger partial charge in [0.1, 0.15) is 12.1 Å². The van der Waals surface area contributed by atoms with E-state index in [1.165, 1.54) is 0 Å². The number of pyridine rings is 1. The van der Waals surface area contributed by atoms with E-state index < -0.39 is 0 Å². The molecule has 1 fully saturated rings. The molecule has 0 aliphatic carbocycles. The Morgan fingerprint density at radius 3 is 2.72 bits per heavy atom. The van der Waals surface area contributed by atoms with Gasteiger partial charge in [-0.3, -0.25) is 9.36 Å². The highest BCUT2D eigenvalue weighted by molar-refractivity contribution is 5.94. The van der Waals surface area contributed by atoms with Gasteiger partial charge in [-0.15, -0.1) is 0 Å². The molecule has 1 saturated heterocycles. The van der Waals surface area contributed by atoms with Crippen LogP contribution in [-0.4, -0.2) is 48.6 Å². The van der Waals surface area contributed by atoms with Crippen molar-refractivity contribution in [2.45, 2.75) is 25.7 Å². The van der Waals surface area contributed by atoms with E-state index in [-0.39, 0.29) is 11.8 Å². The first-order valence-corrected chi connectivity index (χ1v) is 8.24. The Morgan fingerprint density at radius 1 is 1.28 bits per heavy atom. The van der Waals surface area contributed by atoms with Crippen LogP contribution in [0.4, 0.5) is 0 Å². The van der Waals surface area contributed by atoms with Crippen molar-refractivity contribution in [1.82, 2.24) is 29.6 Å². The molecule has 0 bridgehead atoms. The van der Waals surface area contributed by atoms with E-state index in [2.05, 4.69) is 20.1 Å². The zero-order valence-electron chi connectivity index (χ0n) is 13.9. The molecule has 128 valence electrons. The first-order valence-electron chi connectivity index (χ1n) is 8.24. The number of imidazole rings is 1. The maximum atomic E-state index is 12.7. The summed E-state index contributed by atoms with van der Waals surface area (Å²) in [6.45, 7) is 3.15. The summed E-state index contributed by atoms with van der Waals surface area (Å²) in [4.78, 5) is 27.2. The summed E-state index contributed by atoms with van der Waals surface area (Å²) in [5.41, 5.74) is 0.595. The smallest absolute Gasteiger partial charge is 0.255 e. The second kappa shape index (κ2) is 6.46. The van der Waals surface area contributed by atoms with Crippen molar-refractivity contribution in [3.63, 3.8) is 0 Å². The Morgan fingerprint density at radius 2 is 2.12 bits per heavy atom. The Kier molecular flexibility index (Phi) is 4.01. The summed E-state index contributed by atoms with van der Waals surface area (Å²) < 4.78 is 6.85. The number of hydrogen-bond acceptors (Lipinski definition) is 6. The molecule has 4 heterocycles. The van der Waals surface area contributed by atoms with Crippen LogP contribution in [0.25, 0.3) is 5.82 Å². The summed E-state index contributed by atoms with van der Waals surface area (Å²) in [5.74, 6) is 2.32. The second-order valence-electron chi connectivity index (χ2n) is 6.11. The molecular weight excluding hydrogens is 320 g/mol. The van der Waals surface area contributed by atoms with Crippen molar-refractivity contribution in [3.8, 4) is 5.82 Å². The van der Waals surface area contributed by atoms with Crippen molar-refractivity contribution in [3.05, 3.63) is 54.3 Å². The van der Waals surface area contributed by atoms with Crippen molar-refractivity contribution in [2.75, 3.05) is 13.1 Å². The third kappa shape index (κ3) is 3.15. The Hall–Kier alpha value is -3.03. The van der Waals surface area contributed by atoms with Crippen LogP contribution in [-0.2, 0) is 0 Å². The molecule has 0 spiro atoms. The fourth-order valence-corrected chi connectivity index (χ4v) is 3.06. The Bertz CT molecular complexity index is 848. The first-order chi connectivity index (χ1) is 12.2. The van der Waals surface area contributed by atoms with E-state index in [1.54, 1.807) is 36.3 Å². The van der Waals surface area contributed by atoms with Gasteiger partial charge in [0.2, 0.25) is 5.89 Å². The lowest BCUT2D eigenvalue weighted by molar-refractivity contribution is 0.0710. The van der Waals surface area contributed by atoms with E-state index >= 15 is 0 Å². The number of aromatic nitrogens is 5. The maximum absolute atomic E-state index is 12.7. The Balaban J connectivity index is 1.40. The van der Waals surface area contributed by atoms with Crippen LogP contribution in [0.2, 0.25) is 0 Å². The molecule has 8 heteroatoms. The maximum Gasteiger partial charge on any atom is 0.255 e. The summed E-state index contributed by atoms with van der Waals surface area (Å²) in [7, 11) is 0. The number of likely N-dealkylation sites (tertiary alicyclic amines) is 1. The van der Waals surface area contributed by atoms with Crippen LogP contribution in [0.5, 0.6) is 0 Å². The molecule has 1 aliphatic rings. The van der Waals surface area contributed by atoms with Gasteiger partial charge < -0.3 is 9.42 Å². The van der Waals surface area contributed by atoms with Crippen molar-refractivity contribution < 1.29 is 9.32 Å². The molecule has 0 saturated carbocycles. The molecule has 4 rings (SSSR count). The zero-order valence-corrected chi connectivity index (χ0v) is 13.9. The van der Waals surface area contributed by atoms with Crippen LogP contribution >= 0.6 is 0 Å². The average Bonchev–Trinajstić information content (AvgIpc) is 3.33. The Labute approximate surface area is 144 Å². The van der Waals surface area contributed by atoms with E-state index in [0.29, 0.717) is 24.5 Å². The van der Waals surface area contributed by atoms with Gasteiger partial charge in [-0.25, -0.2) is 9.97 Å². The largest absolute Gasteiger partial charge is 0.340 e. The minimum Gasteiger partial charge on any atom is -0.340 e. The van der Waals surface area contributed by atoms with Crippen LogP contribution in [0.15, 0.2) is 41.6 Å². The van der Waals surface area contributed by atoms with Gasteiger partial charge in [-0.05, 0) is 25.0 Å². The molecular formula is C17H18N6O2. The molecule has 0 unspecified atom stereocenters. The van der Waals surface area contributed by atoms with Gasteiger partial charge in [0.15, 0.2) is 5.82 Å². The summed E-state index contributed by atoms with van der Waals surface area (Å²) >= 11 is 0.